The van der Waals surface area contributed by atoms with E-state index in [2.05, 4.69) is 0 Å². The zero-order valence-electron chi connectivity index (χ0n) is 18.0. The number of fused-ring (bicyclic) bond motifs is 2. The molecule has 0 spiro atoms. The predicted octanol–water partition coefficient (Wildman–Crippen LogP) is 4.26. The summed E-state index contributed by atoms with van der Waals surface area (Å²) >= 11 is 0. The Kier molecular flexibility index (Phi) is 6.19. The third-order valence-electron chi connectivity index (χ3n) is 5.44. The molecule has 0 atom stereocenters. The van der Waals surface area contributed by atoms with Gasteiger partial charge in [-0.25, -0.2) is 8.42 Å². The van der Waals surface area contributed by atoms with E-state index in [4.69, 9.17) is 9.47 Å². The van der Waals surface area contributed by atoms with Crippen molar-refractivity contribution in [2.45, 2.75) is 17.2 Å². The van der Waals surface area contributed by atoms with Crippen LogP contribution in [0.2, 0.25) is 0 Å². The van der Waals surface area contributed by atoms with Gasteiger partial charge in [0.25, 0.3) is 0 Å². The Morgan fingerprint density at radius 2 is 1.59 bits per heavy atom. The normalized spacial score (nSPS) is 12.9. The summed E-state index contributed by atoms with van der Waals surface area (Å²) in [5.74, 6) is 1.47. The van der Waals surface area contributed by atoms with Gasteiger partial charge in [-0.05, 0) is 36.8 Å². The minimum atomic E-state index is -3.29. The first-order valence-electron chi connectivity index (χ1n) is 10.4. The van der Waals surface area contributed by atoms with Crippen molar-refractivity contribution in [2.75, 3.05) is 26.5 Å². The third-order valence-corrected chi connectivity index (χ3v) is 6.55. The van der Waals surface area contributed by atoms with Crippen molar-refractivity contribution in [1.82, 2.24) is 4.90 Å². The summed E-state index contributed by atoms with van der Waals surface area (Å²) in [6.45, 7) is 0.873. The molecule has 0 unspecified atom stereocenters. The first-order chi connectivity index (χ1) is 15.3. The van der Waals surface area contributed by atoms with Gasteiger partial charge in [0.2, 0.25) is 5.91 Å². The van der Waals surface area contributed by atoms with Crippen LogP contribution in [-0.2, 0) is 14.6 Å². The molecule has 0 saturated heterocycles. The predicted molar refractivity (Wildman–Crippen MR) is 122 cm³/mol. The number of sulfone groups is 1. The molecule has 0 aliphatic carbocycles. The van der Waals surface area contributed by atoms with E-state index < -0.39 is 15.8 Å². The topological polar surface area (TPSA) is 72.9 Å². The largest absolute Gasteiger partial charge is 0.493 e. The lowest BCUT2D eigenvalue weighted by Crippen LogP contribution is -2.34. The molecule has 32 heavy (non-hydrogen) atoms. The van der Waals surface area contributed by atoms with E-state index in [0.717, 1.165) is 11.1 Å². The summed E-state index contributed by atoms with van der Waals surface area (Å²) in [6.07, 6.45) is 1.77. The van der Waals surface area contributed by atoms with Gasteiger partial charge in [-0.2, -0.15) is 0 Å². The SMILES string of the molecule is CN(CCCOc1cccc(S(C)(=O)=O)c1)C(=O)C1c2ccccc2Oc2ccccc21. The molecule has 3 aromatic rings. The van der Waals surface area contributed by atoms with Crippen molar-refractivity contribution >= 4 is 15.7 Å². The Morgan fingerprint density at radius 3 is 2.22 bits per heavy atom. The molecule has 0 radical (unpaired) electrons. The maximum Gasteiger partial charge on any atom is 0.234 e. The van der Waals surface area contributed by atoms with Crippen molar-refractivity contribution < 1.29 is 22.7 Å². The van der Waals surface area contributed by atoms with Crippen molar-refractivity contribution in [3.05, 3.63) is 83.9 Å². The van der Waals surface area contributed by atoms with Crippen molar-refractivity contribution in [2.24, 2.45) is 0 Å². The first-order valence-corrected chi connectivity index (χ1v) is 12.3. The van der Waals surface area contributed by atoms with Crippen LogP contribution < -0.4 is 9.47 Å². The standard InChI is InChI=1S/C25H25NO5S/c1-26(15-8-16-30-18-9-7-10-19(17-18)32(2,28)29)25(27)24-20-11-3-5-13-22(20)31-23-14-6-4-12-21(23)24/h3-7,9-14,17,24H,8,15-16H2,1-2H3. The zero-order valence-corrected chi connectivity index (χ0v) is 18.8. The lowest BCUT2D eigenvalue weighted by molar-refractivity contribution is -0.130. The summed E-state index contributed by atoms with van der Waals surface area (Å²) in [6, 6.07) is 21.7. The highest BCUT2D eigenvalue weighted by Crippen LogP contribution is 2.44. The number of amides is 1. The van der Waals surface area contributed by atoms with Gasteiger partial charge in [0.1, 0.15) is 17.2 Å². The Labute approximate surface area is 188 Å². The fourth-order valence-electron chi connectivity index (χ4n) is 3.79. The number of hydrogen-bond donors (Lipinski definition) is 0. The number of para-hydroxylation sites is 2. The molecule has 0 saturated carbocycles. The van der Waals surface area contributed by atoms with Crippen LogP contribution in [0.15, 0.2) is 77.7 Å². The smallest absolute Gasteiger partial charge is 0.234 e. The van der Waals surface area contributed by atoms with Gasteiger partial charge in [0, 0.05) is 31.0 Å². The van der Waals surface area contributed by atoms with Crippen LogP contribution in [0.3, 0.4) is 0 Å². The molecule has 1 aliphatic heterocycles. The summed E-state index contributed by atoms with van der Waals surface area (Å²) in [5, 5.41) is 0. The van der Waals surface area contributed by atoms with Crippen LogP contribution in [0.25, 0.3) is 0 Å². The van der Waals surface area contributed by atoms with Gasteiger partial charge in [-0.3, -0.25) is 4.79 Å². The number of carbonyl (C=O) groups excluding carboxylic acids is 1. The van der Waals surface area contributed by atoms with Crippen molar-refractivity contribution in [3.63, 3.8) is 0 Å². The van der Waals surface area contributed by atoms with Crippen LogP contribution in [0, 0.1) is 0 Å². The minimum absolute atomic E-state index is 0.00715. The Hall–Kier alpha value is -3.32. The molecule has 0 aromatic heterocycles. The highest BCUT2D eigenvalue weighted by Gasteiger charge is 2.33. The lowest BCUT2D eigenvalue weighted by Gasteiger charge is -2.30. The van der Waals surface area contributed by atoms with Gasteiger partial charge in [-0.15, -0.1) is 0 Å². The highest BCUT2D eigenvalue weighted by molar-refractivity contribution is 7.90. The van der Waals surface area contributed by atoms with E-state index in [1.165, 1.54) is 18.4 Å². The van der Waals surface area contributed by atoms with E-state index in [1.807, 2.05) is 48.5 Å². The highest BCUT2D eigenvalue weighted by atomic mass is 32.2. The molecule has 4 rings (SSSR count). The molecule has 7 heteroatoms. The van der Waals surface area contributed by atoms with Gasteiger partial charge < -0.3 is 14.4 Å². The fourth-order valence-corrected chi connectivity index (χ4v) is 4.45. The van der Waals surface area contributed by atoms with E-state index >= 15 is 0 Å². The van der Waals surface area contributed by atoms with Gasteiger partial charge in [0.15, 0.2) is 9.84 Å². The molecule has 3 aromatic carbocycles. The second-order valence-electron chi connectivity index (χ2n) is 7.82. The molecule has 166 valence electrons. The van der Waals surface area contributed by atoms with Gasteiger partial charge >= 0.3 is 0 Å². The average molecular weight is 452 g/mol. The third kappa shape index (κ3) is 4.62. The quantitative estimate of drug-likeness (QED) is 0.502. The van der Waals surface area contributed by atoms with Crippen LogP contribution >= 0.6 is 0 Å². The maximum atomic E-state index is 13.4. The number of hydrogen-bond acceptors (Lipinski definition) is 5. The summed E-state index contributed by atoms with van der Waals surface area (Å²) in [4.78, 5) is 15.3. The van der Waals surface area contributed by atoms with E-state index in [-0.39, 0.29) is 10.8 Å². The summed E-state index contributed by atoms with van der Waals surface area (Å²) in [5.41, 5.74) is 1.72. The molecule has 6 nitrogen and oxygen atoms in total. The lowest BCUT2D eigenvalue weighted by atomic mass is 9.87. The Morgan fingerprint density at radius 1 is 0.969 bits per heavy atom. The van der Waals surface area contributed by atoms with Crippen LogP contribution in [0.4, 0.5) is 0 Å². The molecule has 1 aliphatic rings. The number of likely N-dealkylation sites (N-methyl/N-ethyl adjacent to an activating group) is 1. The van der Waals surface area contributed by atoms with Gasteiger partial charge in [0.05, 0.1) is 17.4 Å². The van der Waals surface area contributed by atoms with E-state index in [9.17, 15) is 13.2 Å². The number of carbonyl (C=O) groups is 1. The Bertz CT molecular complexity index is 1190. The molecule has 1 amide bonds. The summed E-state index contributed by atoms with van der Waals surface area (Å²) < 4.78 is 35.1. The second-order valence-corrected chi connectivity index (χ2v) is 9.84. The molecular formula is C25H25NO5S. The fraction of sp³-hybridized carbons (Fsp3) is 0.240. The van der Waals surface area contributed by atoms with Crippen molar-refractivity contribution in [3.8, 4) is 17.2 Å². The number of ether oxygens (including phenoxy) is 2. The van der Waals surface area contributed by atoms with Crippen molar-refractivity contribution in [1.29, 1.82) is 0 Å². The minimum Gasteiger partial charge on any atom is -0.493 e. The monoisotopic (exact) mass is 451 g/mol. The van der Waals surface area contributed by atoms with E-state index in [0.29, 0.717) is 36.8 Å². The molecule has 0 bridgehead atoms. The average Bonchev–Trinajstić information content (AvgIpc) is 2.79. The number of nitrogens with zero attached hydrogens (tertiary/aromatic N) is 1. The zero-order chi connectivity index (χ0) is 22.7. The molecule has 0 N–H and O–H groups in total. The maximum absolute atomic E-state index is 13.4. The number of benzene rings is 3. The molecule has 1 heterocycles. The van der Waals surface area contributed by atoms with Gasteiger partial charge in [-0.1, -0.05) is 42.5 Å². The van der Waals surface area contributed by atoms with Crippen LogP contribution in [0.1, 0.15) is 23.5 Å². The first kappa shape index (κ1) is 21.9. The molecular weight excluding hydrogens is 426 g/mol. The number of rotatable bonds is 7. The molecule has 0 fully saturated rings. The van der Waals surface area contributed by atoms with E-state index in [1.54, 1.807) is 24.1 Å². The van der Waals surface area contributed by atoms with Crippen LogP contribution in [-0.4, -0.2) is 45.7 Å². The second kappa shape index (κ2) is 9.04. The van der Waals surface area contributed by atoms with Crippen LogP contribution in [0.5, 0.6) is 17.2 Å². The summed E-state index contributed by atoms with van der Waals surface area (Å²) in [7, 11) is -1.50. The Balaban J connectivity index is 1.41.